The van der Waals surface area contributed by atoms with Gasteiger partial charge < -0.3 is 24.8 Å². The van der Waals surface area contributed by atoms with E-state index in [1.54, 1.807) is 13.3 Å². The van der Waals surface area contributed by atoms with E-state index in [9.17, 15) is 0 Å². The number of aliphatic imine (C=N–C) groups is 1. The van der Waals surface area contributed by atoms with Gasteiger partial charge in [-0.1, -0.05) is 6.07 Å². The van der Waals surface area contributed by atoms with E-state index >= 15 is 0 Å². The highest BCUT2D eigenvalue weighted by Crippen LogP contribution is 2.15. The molecule has 1 aromatic heterocycles. The van der Waals surface area contributed by atoms with Crippen LogP contribution in [0.5, 0.6) is 5.88 Å². The minimum Gasteiger partial charge on any atom is -0.481 e. The van der Waals surface area contributed by atoms with E-state index in [0.717, 1.165) is 70.3 Å². The van der Waals surface area contributed by atoms with Crippen molar-refractivity contribution in [3.8, 4) is 5.88 Å². The molecule has 0 unspecified atom stereocenters. The zero-order chi connectivity index (χ0) is 18.5. The number of hydrogen-bond donors (Lipinski definition) is 2. The lowest BCUT2D eigenvalue weighted by atomic mass is 10.0. The summed E-state index contributed by atoms with van der Waals surface area (Å²) in [6.07, 6.45) is 4.90. The zero-order valence-corrected chi connectivity index (χ0v) is 16.0. The van der Waals surface area contributed by atoms with Crippen LogP contribution in [-0.4, -0.2) is 57.6 Å². The van der Waals surface area contributed by atoms with E-state index in [0.29, 0.717) is 18.3 Å². The predicted molar refractivity (Wildman–Crippen MR) is 103 cm³/mol. The molecule has 1 aliphatic heterocycles. The second-order valence-corrected chi connectivity index (χ2v) is 6.28. The highest BCUT2D eigenvalue weighted by atomic mass is 16.5. The standard InChI is InChI=1S/C19H32N4O3/c1-3-20-19(23-14-17-6-4-9-21-18(17)24-2)22-10-5-11-26-15-16-7-12-25-13-8-16/h4,6,9,16H,3,5,7-8,10-15H2,1-2H3,(H2,20,22,23). The summed E-state index contributed by atoms with van der Waals surface area (Å²) in [5.41, 5.74) is 0.965. The molecule has 1 fully saturated rings. The molecular formula is C19H32N4O3. The Bertz CT molecular complexity index is 533. The van der Waals surface area contributed by atoms with Gasteiger partial charge in [-0.2, -0.15) is 0 Å². The number of hydrogen-bond acceptors (Lipinski definition) is 5. The topological polar surface area (TPSA) is 77.0 Å². The van der Waals surface area contributed by atoms with Crippen molar-refractivity contribution in [2.24, 2.45) is 10.9 Å². The maximum absolute atomic E-state index is 5.79. The smallest absolute Gasteiger partial charge is 0.218 e. The summed E-state index contributed by atoms with van der Waals surface area (Å²) < 4.78 is 16.4. The Morgan fingerprint density at radius 3 is 2.96 bits per heavy atom. The highest BCUT2D eigenvalue weighted by Gasteiger charge is 2.13. The van der Waals surface area contributed by atoms with Crippen molar-refractivity contribution in [3.63, 3.8) is 0 Å². The Hall–Kier alpha value is -1.86. The molecule has 0 atom stereocenters. The largest absolute Gasteiger partial charge is 0.481 e. The number of nitrogens with zero attached hydrogens (tertiary/aromatic N) is 2. The normalized spacial score (nSPS) is 15.7. The maximum Gasteiger partial charge on any atom is 0.218 e. The maximum atomic E-state index is 5.79. The van der Waals surface area contributed by atoms with Crippen molar-refractivity contribution >= 4 is 5.96 Å². The van der Waals surface area contributed by atoms with E-state index in [2.05, 4.69) is 27.5 Å². The van der Waals surface area contributed by atoms with E-state index in [4.69, 9.17) is 14.2 Å². The van der Waals surface area contributed by atoms with Crippen LogP contribution >= 0.6 is 0 Å². The summed E-state index contributed by atoms with van der Waals surface area (Å²) in [7, 11) is 1.62. The van der Waals surface area contributed by atoms with E-state index < -0.39 is 0 Å². The molecule has 0 radical (unpaired) electrons. The van der Waals surface area contributed by atoms with Gasteiger partial charge in [0.05, 0.1) is 13.7 Å². The van der Waals surface area contributed by atoms with Crippen LogP contribution in [0.4, 0.5) is 0 Å². The van der Waals surface area contributed by atoms with E-state index in [-0.39, 0.29) is 0 Å². The third kappa shape index (κ3) is 7.58. The molecule has 1 saturated heterocycles. The SMILES string of the molecule is CCNC(=NCc1cccnc1OC)NCCCOCC1CCOCC1. The van der Waals surface area contributed by atoms with Gasteiger partial charge in [0.25, 0.3) is 0 Å². The van der Waals surface area contributed by atoms with Gasteiger partial charge >= 0.3 is 0 Å². The Morgan fingerprint density at radius 2 is 2.19 bits per heavy atom. The van der Waals surface area contributed by atoms with Gasteiger partial charge in [0.1, 0.15) is 0 Å². The average molecular weight is 364 g/mol. The minimum atomic E-state index is 0.520. The first-order chi connectivity index (χ1) is 12.8. The molecule has 146 valence electrons. The van der Waals surface area contributed by atoms with Crippen molar-refractivity contribution in [2.75, 3.05) is 46.6 Å². The summed E-state index contributed by atoms with van der Waals surface area (Å²) in [4.78, 5) is 8.80. The molecule has 2 N–H and O–H groups in total. The number of pyridine rings is 1. The molecule has 0 bridgehead atoms. The summed E-state index contributed by atoms with van der Waals surface area (Å²) in [6.45, 7) is 7.57. The fourth-order valence-corrected chi connectivity index (χ4v) is 2.78. The molecule has 0 amide bonds. The quantitative estimate of drug-likeness (QED) is 0.376. The van der Waals surface area contributed by atoms with Crippen LogP contribution in [0.1, 0.15) is 31.7 Å². The Balaban J connectivity index is 1.66. The summed E-state index contributed by atoms with van der Waals surface area (Å²) >= 11 is 0. The molecule has 7 nitrogen and oxygen atoms in total. The second-order valence-electron chi connectivity index (χ2n) is 6.28. The molecular weight excluding hydrogens is 332 g/mol. The molecule has 0 aromatic carbocycles. The average Bonchev–Trinajstić information content (AvgIpc) is 2.69. The molecule has 0 spiro atoms. The third-order valence-corrected chi connectivity index (χ3v) is 4.25. The Kier molecular flexibility index (Phi) is 9.82. The van der Waals surface area contributed by atoms with Crippen molar-refractivity contribution < 1.29 is 14.2 Å². The minimum absolute atomic E-state index is 0.520. The van der Waals surface area contributed by atoms with Gasteiger partial charge in [0.15, 0.2) is 5.96 Å². The summed E-state index contributed by atoms with van der Waals surface area (Å²) in [5, 5.41) is 6.60. The summed E-state index contributed by atoms with van der Waals surface area (Å²) in [6, 6.07) is 3.87. The van der Waals surface area contributed by atoms with Crippen LogP contribution in [0.25, 0.3) is 0 Å². The lowest BCUT2D eigenvalue weighted by Gasteiger charge is -2.21. The predicted octanol–water partition coefficient (Wildman–Crippen LogP) is 1.98. The second kappa shape index (κ2) is 12.5. The first-order valence-electron chi connectivity index (χ1n) is 9.49. The van der Waals surface area contributed by atoms with Crippen LogP contribution < -0.4 is 15.4 Å². The molecule has 1 aliphatic rings. The fourth-order valence-electron chi connectivity index (χ4n) is 2.78. The lowest BCUT2D eigenvalue weighted by molar-refractivity contribution is 0.0203. The van der Waals surface area contributed by atoms with Crippen LogP contribution in [0.3, 0.4) is 0 Å². The molecule has 1 aromatic rings. The number of ether oxygens (including phenoxy) is 3. The molecule has 7 heteroatoms. The first-order valence-corrected chi connectivity index (χ1v) is 9.49. The van der Waals surface area contributed by atoms with Gasteiger partial charge in [-0.15, -0.1) is 0 Å². The monoisotopic (exact) mass is 364 g/mol. The van der Waals surface area contributed by atoms with Crippen molar-refractivity contribution in [1.82, 2.24) is 15.6 Å². The number of rotatable bonds is 10. The van der Waals surface area contributed by atoms with E-state index in [1.165, 1.54) is 0 Å². The van der Waals surface area contributed by atoms with Gasteiger partial charge in [-0.3, -0.25) is 0 Å². The molecule has 2 heterocycles. The number of aromatic nitrogens is 1. The zero-order valence-electron chi connectivity index (χ0n) is 16.0. The Labute approximate surface area is 156 Å². The fraction of sp³-hybridized carbons (Fsp3) is 0.684. The molecule has 0 aliphatic carbocycles. The summed E-state index contributed by atoms with van der Waals surface area (Å²) in [5.74, 6) is 2.07. The van der Waals surface area contributed by atoms with Gasteiger partial charge in [0, 0.05) is 51.3 Å². The first kappa shape index (κ1) is 20.5. The van der Waals surface area contributed by atoms with Crippen molar-refractivity contribution in [1.29, 1.82) is 0 Å². The molecule has 2 rings (SSSR count). The van der Waals surface area contributed by atoms with Gasteiger partial charge in [-0.25, -0.2) is 9.98 Å². The number of nitrogens with one attached hydrogen (secondary N) is 2. The lowest BCUT2D eigenvalue weighted by Crippen LogP contribution is -2.38. The van der Waals surface area contributed by atoms with Crippen LogP contribution in [0.15, 0.2) is 23.3 Å². The molecule has 26 heavy (non-hydrogen) atoms. The highest BCUT2D eigenvalue weighted by molar-refractivity contribution is 5.79. The number of methoxy groups -OCH3 is 1. The van der Waals surface area contributed by atoms with Crippen LogP contribution in [-0.2, 0) is 16.0 Å². The third-order valence-electron chi connectivity index (χ3n) is 4.25. The van der Waals surface area contributed by atoms with Gasteiger partial charge in [-0.05, 0) is 38.2 Å². The van der Waals surface area contributed by atoms with Crippen molar-refractivity contribution in [3.05, 3.63) is 23.9 Å². The number of guanidine groups is 1. The van der Waals surface area contributed by atoms with E-state index in [1.807, 2.05) is 12.1 Å². The van der Waals surface area contributed by atoms with Crippen molar-refractivity contribution in [2.45, 2.75) is 32.7 Å². The van der Waals surface area contributed by atoms with Crippen LogP contribution in [0, 0.1) is 5.92 Å². The van der Waals surface area contributed by atoms with Crippen LogP contribution in [0.2, 0.25) is 0 Å². The van der Waals surface area contributed by atoms with Gasteiger partial charge in [0.2, 0.25) is 5.88 Å². The molecule has 0 saturated carbocycles. The Morgan fingerprint density at radius 1 is 1.35 bits per heavy atom.